The average molecular weight is 254 g/mol. The fourth-order valence-corrected chi connectivity index (χ4v) is 1.94. The number of nitrogens with one attached hydrogen (secondary N) is 1. The first-order valence-electron chi connectivity index (χ1n) is 6.23. The van der Waals surface area contributed by atoms with E-state index in [-0.39, 0.29) is 0 Å². The molecule has 2 rings (SSSR count). The third kappa shape index (κ3) is 3.13. The van der Waals surface area contributed by atoms with Crippen molar-refractivity contribution in [3.8, 4) is 5.75 Å². The summed E-state index contributed by atoms with van der Waals surface area (Å²) in [5, 5.41) is 13.9. The first kappa shape index (κ1) is 13.1. The quantitative estimate of drug-likeness (QED) is 0.647. The monoisotopic (exact) mass is 254 g/mol. The second kappa shape index (κ2) is 5.57. The maximum absolute atomic E-state index is 9.71. The number of phenols is 1. The Balaban J connectivity index is 2.14. The number of hydrogen-bond acceptors (Lipinski definition) is 3. The van der Waals surface area contributed by atoms with Crippen LogP contribution in [0.3, 0.4) is 0 Å². The molecule has 19 heavy (non-hydrogen) atoms. The normalized spacial score (nSPS) is 10.9. The molecule has 2 aromatic carbocycles. The third-order valence-electron chi connectivity index (χ3n) is 3.06. The number of phenolic OH excluding ortho intramolecular Hbond substituents is 1. The van der Waals surface area contributed by atoms with Gasteiger partial charge in [0, 0.05) is 0 Å². The number of benzene rings is 2. The highest BCUT2D eigenvalue weighted by molar-refractivity contribution is 5.81. The van der Waals surface area contributed by atoms with Crippen LogP contribution >= 0.6 is 0 Å². The molecular weight excluding hydrogens is 236 g/mol. The molecule has 0 radical (unpaired) electrons. The molecule has 2 N–H and O–H groups in total. The van der Waals surface area contributed by atoms with Crippen LogP contribution in [0.4, 0.5) is 5.69 Å². The zero-order chi connectivity index (χ0) is 13.8. The van der Waals surface area contributed by atoms with Crippen LogP contribution in [-0.4, -0.2) is 11.3 Å². The van der Waals surface area contributed by atoms with E-state index < -0.39 is 0 Å². The molecule has 0 aliphatic carbocycles. The van der Waals surface area contributed by atoms with Crippen LogP contribution in [0.2, 0.25) is 0 Å². The molecule has 0 aromatic heterocycles. The smallest absolute Gasteiger partial charge is 0.121 e. The second-order valence-corrected chi connectivity index (χ2v) is 4.69. The number of hydrazone groups is 1. The summed E-state index contributed by atoms with van der Waals surface area (Å²) in [4.78, 5) is 0. The topological polar surface area (TPSA) is 44.6 Å². The van der Waals surface area contributed by atoms with Gasteiger partial charge in [0.25, 0.3) is 0 Å². The van der Waals surface area contributed by atoms with Crippen molar-refractivity contribution in [2.75, 3.05) is 5.43 Å². The molecule has 3 heteroatoms. The van der Waals surface area contributed by atoms with Crippen LogP contribution in [0.1, 0.15) is 22.3 Å². The molecule has 3 nitrogen and oxygen atoms in total. The Morgan fingerprint density at radius 1 is 1.00 bits per heavy atom. The number of para-hydroxylation sites is 1. The Labute approximate surface area is 113 Å². The van der Waals surface area contributed by atoms with E-state index in [2.05, 4.69) is 10.5 Å². The fraction of sp³-hybridized carbons (Fsp3) is 0.188. The van der Waals surface area contributed by atoms with Crippen LogP contribution in [0, 0.1) is 20.8 Å². The minimum atomic E-state index is 0.351. The van der Waals surface area contributed by atoms with Crippen molar-refractivity contribution in [1.29, 1.82) is 0 Å². The summed E-state index contributed by atoms with van der Waals surface area (Å²) in [7, 11) is 0. The van der Waals surface area contributed by atoms with Gasteiger partial charge in [0.15, 0.2) is 0 Å². The van der Waals surface area contributed by atoms with E-state index in [9.17, 15) is 5.11 Å². The highest BCUT2D eigenvalue weighted by atomic mass is 16.3. The molecule has 0 bridgehead atoms. The maximum Gasteiger partial charge on any atom is 0.121 e. The van der Waals surface area contributed by atoms with Gasteiger partial charge in [-0.05, 0) is 61.2 Å². The van der Waals surface area contributed by atoms with E-state index in [0.29, 0.717) is 5.75 Å². The number of nitrogens with zero attached hydrogens (tertiary/aromatic N) is 1. The molecule has 2 aromatic rings. The summed E-state index contributed by atoms with van der Waals surface area (Å²) >= 11 is 0. The maximum atomic E-state index is 9.71. The van der Waals surface area contributed by atoms with E-state index in [1.807, 2.05) is 57.2 Å². The number of rotatable bonds is 3. The van der Waals surface area contributed by atoms with Crippen LogP contribution < -0.4 is 5.43 Å². The van der Waals surface area contributed by atoms with Gasteiger partial charge in [-0.1, -0.05) is 18.2 Å². The Kier molecular flexibility index (Phi) is 3.85. The number of hydrogen-bond donors (Lipinski definition) is 2. The molecule has 0 aliphatic rings. The number of aryl methyl sites for hydroxylation is 3. The fourth-order valence-electron chi connectivity index (χ4n) is 1.94. The van der Waals surface area contributed by atoms with Crippen LogP contribution in [-0.2, 0) is 0 Å². The van der Waals surface area contributed by atoms with Crippen LogP contribution in [0.25, 0.3) is 0 Å². The SMILES string of the molecule is Cc1ccccc1N/N=C/c1cc(C)c(O)c(C)c1. The van der Waals surface area contributed by atoms with Gasteiger partial charge in [0.2, 0.25) is 0 Å². The predicted octanol–water partition coefficient (Wildman–Crippen LogP) is 3.76. The lowest BCUT2D eigenvalue weighted by molar-refractivity contribution is 0.467. The predicted molar refractivity (Wildman–Crippen MR) is 80.0 cm³/mol. The number of anilines is 1. The Bertz CT molecular complexity index is 595. The zero-order valence-corrected chi connectivity index (χ0v) is 11.4. The minimum absolute atomic E-state index is 0.351. The van der Waals surface area contributed by atoms with Crippen molar-refractivity contribution in [2.45, 2.75) is 20.8 Å². The Morgan fingerprint density at radius 3 is 2.26 bits per heavy atom. The van der Waals surface area contributed by atoms with Gasteiger partial charge in [-0.25, -0.2) is 0 Å². The molecule has 0 atom stereocenters. The molecule has 0 spiro atoms. The molecule has 0 aliphatic heterocycles. The molecule has 0 saturated heterocycles. The molecule has 0 fully saturated rings. The van der Waals surface area contributed by atoms with Crippen molar-refractivity contribution in [3.05, 3.63) is 58.7 Å². The Morgan fingerprint density at radius 2 is 1.63 bits per heavy atom. The first-order chi connectivity index (χ1) is 9.08. The molecule has 98 valence electrons. The van der Waals surface area contributed by atoms with Crippen LogP contribution in [0.5, 0.6) is 5.75 Å². The summed E-state index contributed by atoms with van der Waals surface area (Å²) in [5.74, 6) is 0.351. The van der Waals surface area contributed by atoms with Crippen molar-refractivity contribution in [3.63, 3.8) is 0 Å². The van der Waals surface area contributed by atoms with Crippen LogP contribution in [0.15, 0.2) is 41.5 Å². The van der Waals surface area contributed by atoms with Crippen molar-refractivity contribution in [1.82, 2.24) is 0 Å². The van der Waals surface area contributed by atoms with E-state index >= 15 is 0 Å². The van der Waals surface area contributed by atoms with Gasteiger partial charge in [0.1, 0.15) is 5.75 Å². The lowest BCUT2D eigenvalue weighted by Gasteiger charge is -2.05. The lowest BCUT2D eigenvalue weighted by atomic mass is 10.1. The van der Waals surface area contributed by atoms with Crippen molar-refractivity contribution < 1.29 is 5.11 Å². The van der Waals surface area contributed by atoms with E-state index in [1.165, 1.54) is 0 Å². The largest absolute Gasteiger partial charge is 0.507 e. The highest BCUT2D eigenvalue weighted by Crippen LogP contribution is 2.22. The summed E-state index contributed by atoms with van der Waals surface area (Å²) in [6, 6.07) is 11.8. The zero-order valence-electron chi connectivity index (χ0n) is 11.4. The van der Waals surface area contributed by atoms with E-state index in [0.717, 1.165) is 27.9 Å². The summed E-state index contributed by atoms with van der Waals surface area (Å²) < 4.78 is 0. The average Bonchev–Trinajstić information content (AvgIpc) is 2.38. The Hall–Kier alpha value is -2.29. The summed E-state index contributed by atoms with van der Waals surface area (Å²) in [6.45, 7) is 5.80. The molecule has 0 amide bonds. The molecule has 0 heterocycles. The van der Waals surface area contributed by atoms with Gasteiger partial charge in [-0.15, -0.1) is 0 Å². The number of aromatic hydroxyl groups is 1. The molecule has 0 unspecified atom stereocenters. The molecular formula is C16H18N2O. The van der Waals surface area contributed by atoms with Gasteiger partial charge in [-0.2, -0.15) is 5.10 Å². The summed E-state index contributed by atoms with van der Waals surface area (Å²) in [6.07, 6.45) is 1.76. The van der Waals surface area contributed by atoms with Crippen molar-refractivity contribution in [2.24, 2.45) is 5.10 Å². The van der Waals surface area contributed by atoms with Crippen molar-refractivity contribution >= 4 is 11.9 Å². The first-order valence-corrected chi connectivity index (χ1v) is 6.23. The van der Waals surface area contributed by atoms with Gasteiger partial charge >= 0.3 is 0 Å². The lowest BCUT2D eigenvalue weighted by Crippen LogP contribution is -1.93. The second-order valence-electron chi connectivity index (χ2n) is 4.69. The van der Waals surface area contributed by atoms with Gasteiger partial charge in [0.05, 0.1) is 11.9 Å². The van der Waals surface area contributed by atoms with Gasteiger partial charge in [-0.3, -0.25) is 5.43 Å². The van der Waals surface area contributed by atoms with E-state index in [1.54, 1.807) is 6.21 Å². The van der Waals surface area contributed by atoms with E-state index in [4.69, 9.17) is 0 Å². The minimum Gasteiger partial charge on any atom is -0.507 e. The van der Waals surface area contributed by atoms with Gasteiger partial charge < -0.3 is 5.11 Å². The third-order valence-corrected chi connectivity index (χ3v) is 3.06. The summed E-state index contributed by atoms with van der Waals surface area (Å²) in [5.41, 5.74) is 7.85. The standard InChI is InChI=1S/C16H18N2O/c1-11-6-4-5-7-15(11)18-17-10-14-8-12(2)16(19)13(3)9-14/h4-10,18-19H,1-3H3/b17-10+. The highest BCUT2D eigenvalue weighted by Gasteiger charge is 2.01. The molecule has 0 saturated carbocycles.